The molecule has 1 aliphatic rings. The van der Waals surface area contributed by atoms with Crippen molar-refractivity contribution < 1.29 is 0 Å². The molecule has 0 bridgehead atoms. The van der Waals surface area contributed by atoms with Gasteiger partial charge in [-0.2, -0.15) is 0 Å². The van der Waals surface area contributed by atoms with Gasteiger partial charge in [0.1, 0.15) is 0 Å². The van der Waals surface area contributed by atoms with E-state index in [-0.39, 0.29) is 6.04 Å². The molecule has 0 aliphatic carbocycles. The number of fused-ring (bicyclic) bond motifs is 3. The molecule has 1 atom stereocenters. The summed E-state index contributed by atoms with van der Waals surface area (Å²) in [6.07, 6.45) is 0. The van der Waals surface area contributed by atoms with E-state index in [1.807, 2.05) is 0 Å². The summed E-state index contributed by atoms with van der Waals surface area (Å²) in [5.74, 6) is 0. The number of benzene rings is 2. The molecule has 2 N–H and O–H groups in total. The lowest BCUT2D eigenvalue weighted by Crippen LogP contribution is -2.27. The summed E-state index contributed by atoms with van der Waals surface area (Å²) in [5.41, 5.74) is 11.3. The van der Waals surface area contributed by atoms with Crippen LogP contribution in [0.2, 0.25) is 0 Å². The van der Waals surface area contributed by atoms with Crippen LogP contribution in [0.3, 0.4) is 0 Å². The lowest BCUT2D eigenvalue weighted by atomic mass is 9.96. The summed E-state index contributed by atoms with van der Waals surface area (Å²) < 4.78 is 0. The zero-order valence-electron chi connectivity index (χ0n) is 9.93. The molecule has 3 rings (SSSR count). The minimum Gasteiger partial charge on any atom is -0.372 e. The van der Waals surface area contributed by atoms with Crippen LogP contribution < -0.4 is 10.6 Å². The van der Waals surface area contributed by atoms with Crippen LogP contribution in [0.15, 0.2) is 48.5 Å². The van der Waals surface area contributed by atoms with E-state index in [9.17, 15) is 0 Å². The van der Waals surface area contributed by atoms with E-state index >= 15 is 0 Å². The summed E-state index contributed by atoms with van der Waals surface area (Å²) in [4.78, 5) is 2.24. The van der Waals surface area contributed by atoms with E-state index in [4.69, 9.17) is 5.73 Å². The molecule has 17 heavy (non-hydrogen) atoms. The van der Waals surface area contributed by atoms with Crippen LogP contribution in [-0.4, -0.2) is 13.6 Å². The van der Waals surface area contributed by atoms with Crippen molar-refractivity contribution in [1.29, 1.82) is 0 Å². The second-order valence-corrected chi connectivity index (χ2v) is 4.59. The molecule has 0 spiro atoms. The monoisotopic (exact) mass is 224 g/mol. The van der Waals surface area contributed by atoms with Crippen molar-refractivity contribution in [2.24, 2.45) is 5.73 Å². The van der Waals surface area contributed by atoms with Crippen molar-refractivity contribution in [2.75, 3.05) is 18.5 Å². The van der Waals surface area contributed by atoms with Crippen LogP contribution in [0, 0.1) is 0 Å². The minimum atomic E-state index is 0.0728. The van der Waals surface area contributed by atoms with Gasteiger partial charge in [0, 0.05) is 30.9 Å². The molecule has 2 aromatic rings. The van der Waals surface area contributed by atoms with Gasteiger partial charge in [0.15, 0.2) is 0 Å². The highest BCUT2D eigenvalue weighted by Crippen LogP contribution is 2.37. The Morgan fingerprint density at radius 2 is 1.65 bits per heavy atom. The van der Waals surface area contributed by atoms with Crippen LogP contribution in [0.4, 0.5) is 5.69 Å². The Bertz CT molecular complexity index is 499. The van der Waals surface area contributed by atoms with Crippen molar-refractivity contribution >= 4 is 5.69 Å². The van der Waals surface area contributed by atoms with Gasteiger partial charge in [-0.1, -0.05) is 42.5 Å². The van der Waals surface area contributed by atoms with Crippen LogP contribution in [-0.2, 0) is 0 Å². The quantitative estimate of drug-likeness (QED) is 0.745. The Kier molecular flexibility index (Phi) is 2.37. The van der Waals surface area contributed by atoms with Gasteiger partial charge in [0.2, 0.25) is 0 Å². The highest BCUT2D eigenvalue weighted by atomic mass is 15.1. The van der Waals surface area contributed by atoms with E-state index in [1.54, 1.807) is 0 Å². The maximum Gasteiger partial charge on any atom is 0.0479 e. The number of nitrogens with two attached hydrogens (primary N) is 1. The molecule has 0 amide bonds. The summed E-state index contributed by atoms with van der Waals surface area (Å²) in [7, 11) is 2.10. The average molecular weight is 224 g/mol. The second-order valence-electron chi connectivity index (χ2n) is 4.59. The van der Waals surface area contributed by atoms with E-state index in [0.717, 1.165) is 6.54 Å². The number of likely N-dealkylation sites (N-methyl/N-ethyl adjacent to an activating group) is 1. The van der Waals surface area contributed by atoms with Crippen LogP contribution in [0.25, 0.3) is 11.1 Å². The van der Waals surface area contributed by atoms with Crippen molar-refractivity contribution in [3.63, 3.8) is 0 Å². The number of para-hydroxylation sites is 1. The van der Waals surface area contributed by atoms with Gasteiger partial charge in [0.05, 0.1) is 0 Å². The number of nitrogens with zero attached hydrogens (tertiary/aromatic N) is 1. The van der Waals surface area contributed by atoms with Gasteiger partial charge in [-0.25, -0.2) is 0 Å². The zero-order valence-corrected chi connectivity index (χ0v) is 9.93. The van der Waals surface area contributed by atoms with Gasteiger partial charge < -0.3 is 10.6 Å². The lowest BCUT2D eigenvalue weighted by molar-refractivity contribution is 0.712. The van der Waals surface area contributed by atoms with Crippen molar-refractivity contribution in [1.82, 2.24) is 0 Å². The molecular weight excluding hydrogens is 208 g/mol. The Hall–Kier alpha value is -1.80. The fourth-order valence-electron chi connectivity index (χ4n) is 2.59. The molecule has 86 valence electrons. The highest BCUT2D eigenvalue weighted by Gasteiger charge is 2.21. The fourth-order valence-corrected chi connectivity index (χ4v) is 2.59. The lowest BCUT2D eigenvalue weighted by Gasteiger charge is -2.21. The molecule has 2 aromatic carbocycles. The van der Waals surface area contributed by atoms with Gasteiger partial charge in [-0.3, -0.25) is 0 Å². The maximum absolute atomic E-state index is 6.27. The third-order valence-electron chi connectivity index (χ3n) is 3.44. The number of hydrogen-bond donors (Lipinski definition) is 1. The Labute approximate surface area is 102 Å². The largest absolute Gasteiger partial charge is 0.372 e. The van der Waals surface area contributed by atoms with Gasteiger partial charge >= 0.3 is 0 Å². The van der Waals surface area contributed by atoms with Crippen LogP contribution >= 0.6 is 0 Å². The molecular formula is C15H16N2. The molecule has 2 heteroatoms. The first-order valence-corrected chi connectivity index (χ1v) is 5.92. The third-order valence-corrected chi connectivity index (χ3v) is 3.44. The van der Waals surface area contributed by atoms with E-state index in [0.29, 0.717) is 0 Å². The SMILES string of the molecule is CN1C[C@H](N)c2ccccc2-c2ccccc21. The molecule has 0 aromatic heterocycles. The second kappa shape index (κ2) is 3.90. The van der Waals surface area contributed by atoms with Crippen molar-refractivity contribution in [3.05, 3.63) is 54.1 Å². The number of rotatable bonds is 0. The topological polar surface area (TPSA) is 29.3 Å². The predicted octanol–water partition coefficient (Wildman–Crippen LogP) is 2.80. The van der Waals surface area contributed by atoms with Gasteiger partial charge in [0.25, 0.3) is 0 Å². The van der Waals surface area contributed by atoms with Crippen LogP contribution in [0.1, 0.15) is 11.6 Å². The Morgan fingerprint density at radius 1 is 1.00 bits per heavy atom. The molecule has 0 fully saturated rings. The normalized spacial score (nSPS) is 18.2. The molecule has 0 unspecified atom stereocenters. The van der Waals surface area contributed by atoms with E-state index in [1.165, 1.54) is 22.4 Å². The molecule has 0 saturated heterocycles. The standard InChI is InChI=1S/C15H16N2/c1-17-10-14(16)12-7-3-2-6-11(12)13-8-4-5-9-15(13)17/h2-9,14H,10,16H2,1H3/t14-/m0/s1. The molecule has 0 radical (unpaired) electrons. The van der Waals surface area contributed by atoms with Gasteiger partial charge in [-0.05, 0) is 17.2 Å². The first kappa shape index (κ1) is 10.4. The van der Waals surface area contributed by atoms with Crippen molar-refractivity contribution in [2.45, 2.75) is 6.04 Å². The van der Waals surface area contributed by atoms with Crippen LogP contribution in [0.5, 0.6) is 0 Å². The first-order chi connectivity index (χ1) is 8.27. The predicted molar refractivity (Wildman–Crippen MR) is 72.1 cm³/mol. The molecule has 0 saturated carbocycles. The summed E-state index contributed by atoms with van der Waals surface area (Å²) in [5, 5.41) is 0. The summed E-state index contributed by atoms with van der Waals surface area (Å²) >= 11 is 0. The molecule has 2 nitrogen and oxygen atoms in total. The van der Waals surface area contributed by atoms with E-state index in [2.05, 4.69) is 60.5 Å². The Balaban J connectivity index is 2.30. The maximum atomic E-state index is 6.27. The first-order valence-electron chi connectivity index (χ1n) is 5.92. The Morgan fingerprint density at radius 3 is 2.47 bits per heavy atom. The van der Waals surface area contributed by atoms with E-state index < -0.39 is 0 Å². The summed E-state index contributed by atoms with van der Waals surface area (Å²) in [6.45, 7) is 0.855. The molecule has 1 heterocycles. The summed E-state index contributed by atoms with van der Waals surface area (Å²) in [6, 6.07) is 17.0. The smallest absolute Gasteiger partial charge is 0.0479 e. The fraction of sp³-hybridized carbons (Fsp3) is 0.200. The number of hydrogen-bond acceptors (Lipinski definition) is 2. The zero-order chi connectivity index (χ0) is 11.8. The minimum absolute atomic E-state index is 0.0728. The van der Waals surface area contributed by atoms with Gasteiger partial charge in [-0.15, -0.1) is 0 Å². The molecule has 1 aliphatic heterocycles. The number of anilines is 1. The van der Waals surface area contributed by atoms with Crippen molar-refractivity contribution in [3.8, 4) is 11.1 Å². The average Bonchev–Trinajstić information content (AvgIpc) is 2.48. The highest BCUT2D eigenvalue weighted by molar-refractivity contribution is 5.82. The third kappa shape index (κ3) is 1.61.